The summed E-state index contributed by atoms with van der Waals surface area (Å²) in [6.07, 6.45) is 5.33. The van der Waals surface area contributed by atoms with E-state index >= 15 is 0 Å². The third kappa shape index (κ3) is 6.77. The largest absolute Gasteiger partial charge is 0.493 e. The molecule has 0 bridgehead atoms. The van der Waals surface area contributed by atoms with Crippen LogP contribution in [-0.4, -0.2) is 61.5 Å². The van der Waals surface area contributed by atoms with Crippen LogP contribution in [0.2, 0.25) is 5.02 Å². The molecule has 35 heavy (non-hydrogen) atoms. The fourth-order valence-corrected chi connectivity index (χ4v) is 5.39. The van der Waals surface area contributed by atoms with Gasteiger partial charge in [0.1, 0.15) is 5.75 Å². The van der Waals surface area contributed by atoms with Crippen LogP contribution in [0.25, 0.3) is 0 Å². The summed E-state index contributed by atoms with van der Waals surface area (Å²) < 4.78 is 11.4. The molecule has 2 saturated heterocycles. The van der Waals surface area contributed by atoms with E-state index in [-0.39, 0.29) is 11.8 Å². The maximum Gasteiger partial charge on any atom is 0.253 e. The molecule has 0 N–H and O–H groups in total. The van der Waals surface area contributed by atoms with Gasteiger partial charge < -0.3 is 19.3 Å². The van der Waals surface area contributed by atoms with Crippen molar-refractivity contribution >= 4 is 23.4 Å². The molecule has 0 saturated carbocycles. The summed E-state index contributed by atoms with van der Waals surface area (Å²) in [7, 11) is 1.65. The monoisotopic (exact) mass is 498 g/mol. The van der Waals surface area contributed by atoms with Crippen molar-refractivity contribution in [2.45, 2.75) is 45.1 Å². The zero-order valence-corrected chi connectivity index (χ0v) is 21.3. The number of nitrogens with zero attached hydrogens (tertiary/aromatic N) is 2. The Hall–Kier alpha value is -2.57. The van der Waals surface area contributed by atoms with Gasteiger partial charge in [0, 0.05) is 55.7 Å². The second-order valence-corrected chi connectivity index (χ2v) is 10.3. The van der Waals surface area contributed by atoms with Gasteiger partial charge in [0.25, 0.3) is 5.91 Å². The van der Waals surface area contributed by atoms with E-state index in [2.05, 4.69) is 0 Å². The molecule has 0 aromatic heterocycles. The van der Waals surface area contributed by atoms with Gasteiger partial charge in [-0.2, -0.15) is 0 Å². The molecule has 4 rings (SSSR count). The highest BCUT2D eigenvalue weighted by molar-refractivity contribution is 6.30. The molecule has 6 nitrogen and oxygen atoms in total. The Balaban J connectivity index is 1.53. The first-order valence-corrected chi connectivity index (χ1v) is 12.9. The minimum atomic E-state index is -0.450. The molecule has 0 aliphatic carbocycles. The lowest BCUT2D eigenvalue weighted by atomic mass is 9.77. The first-order valence-electron chi connectivity index (χ1n) is 12.5. The van der Waals surface area contributed by atoms with Crippen molar-refractivity contribution in [1.29, 1.82) is 0 Å². The predicted octanol–water partition coefficient (Wildman–Crippen LogP) is 5.19. The van der Waals surface area contributed by atoms with Crippen LogP contribution in [-0.2, 0) is 16.1 Å². The van der Waals surface area contributed by atoms with Gasteiger partial charge in [0.2, 0.25) is 5.91 Å². The Kier molecular flexibility index (Phi) is 8.69. The van der Waals surface area contributed by atoms with Gasteiger partial charge in [-0.1, -0.05) is 29.8 Å². The number of carbonyl (C=O) groups is 2. The van der Waals surface area contributed by atoms with Crippen LogP contribution in [0.3, 0.4) is 0 Å². The summed E-state index contributed by atoms with van der Waals surface area (Å²) >= 11 is 6.15. The lowest BCUT2D eigenvalue weighted by Gasteiger charge is -2.43. The van der Waals surface area contributed by atoms with Crippen LogP contribution < -0.4 is 4.74 Å². The van der Waals surface area contributed by atoms with Crippen LogP contribution in [0.15, 0.2) is 48.5 Å². The van der Waals surface area contributed by atoms with Crippen LogP contribution >= 0.6 is 11.6 Å². The Morgan fingerprint density at radius 2 is 1.74 bits per heavy atom. The number of methoxy groups -OCH3 is 1. The summed E-state index contributed by atoms with van der Waals surface area (Å²) in [5.74, 6) is 0.828. The summed E-state index contributed by atoms with van der Waals surface area (Å²) in [4.78, 5) is 30.7. The molecule has 2 aromatic carbocycles. The highest BCUT2D eigenvalue weighted by atomic mass is 35.5. The lowest BCUT2D eigenvalue weighted by molar-refractivity contribution is -0.136. The SMILES string of the molecule is COCc1cccc(C(=O)N2CCCC(COc3cccc(Cl)c3)(CC(=O)N3CCCCC3)C2)c1. The number of benzene rings is 2. The maximum absolute atomic E-state index is 13.5. The lowest BCUT2D eigenvalue weighted by Crippen LogP contribution is -2.51. The molecule has 1 atom stereocenters. The van der Waals surface area contributed by atoms with Crippen molar-refractivity contribution in [3.63, 3.8) is 0 Å². The summed E-state index contributed by atoms with van der Waals surface area (Å²) in [5.41, 5.74) is 1.16. The van der Waals surface area contributed by atoms with Gasteiger partial charge in [0.15, 0.2) is 0 Å². The van der Waals surface area contributed by atoms with E-state index in [4.69, 9.17) is 21.1 Å². The molecule has 0 spiro atoms. The smallest absolute Gasteiger partial charge is 0.253 e. The fraction of sp³-hybridized carbons (Fsp3) is 0.500. The van der Waals surface area contributed by atoms with Gasteiger partial charge >= 0.3 is 0 Å². The standard InChI is InChI=1S/C28H35ClN2O4/c1-34-19-22-8-5-9-23(16-22)27(33)31-15-7-12-28(20-31,18-26(32)30-13-3-2-4-14-30)21-35-25-11-6-10-24(29)17-25/h5-6,8-11,16-17H,2-4,7,12-15,18-21H2,1H3. The Morgan fingerprint density at radius 1 is 0.971 bits per heavy atom. The van der Waals surface area contributed by atoms with Crippen LogP contribution in [0.5, 0.6) is 5.75 Å². The van der Waals surface area contributed by atoms with Crippen LogP contribution in [0.1, 0.15) is 54.4 Å². The van der Waals surface area contributed by atoms with Crippen molar-refractivity contribution in [2.75, 3.05) is 39.9 Å². The number of likely N-dealkylation sites (tertiary alicyclic amines) is 2. The highest BCUT2D eigenvalue weighted by Gasteiger charge is 2.41. The minimum Gasteiger partial charge on any atom is -0.493 e. The molecule has 2 aliphatic rings. The molecule has 2 fully saturated rings. The van der Waals surface area contributed by atoms with E-state index in [1.165, 1.54) is 6.42 Å². The van der Waals surface area contributed by atoms with Gasteiger partial charge in [-0.25, -0.2) is 0 Å². The van der Waals surface area contributed by atoms with Crippen molar-refractivity contribution in [1.82, 2.24) is 9.80 Å². The molecule has 2 heterocycles. The number of hydrogen-bond acceptors (Lipinski definition) is 4. The number of ether oxygens (including phenoxy) is 2. The number of rotatable bonds is 8. The van der Waals surface area contributed by atoms with Crippen molar-refractivity contribution in [3.05, 3.63) is 64.7 Å². The van der Waals surface area contributed by atoms with Crippen molar-refractivity contribution in [2.24, 2.45) is 5.41 Å². The van der Waals surface area contributed by atoms with E-state index in [0.717, 1.165) is 44.3 Å². The van der Waals surface area contributed by atoms with E-state index < -0.39 is 5.41 Å². The quantitative estimate of drug-likeness (QED) is 0.502. The van der Waals surface area contributed by atoms with Gasteiger partial charge in [-0.3, -0.25) is 9.59 Å². The molecule has 1 unspecified atom stereocenters. The second kappa shape index (κ2) is 11.9. The maximum atomic E-state index is 13.5. The highest BCUT2D eigenvalue weighted by Crippen LogP contribution is 2.36. The van der Waals surface area contributed by atoms with E-state index in [1.54, 1.807) is 13.2 Å². The topological polar surface area (TPSA) is 59.1 Å². The van der Waals surface area contributed by atoms with Crippen LogP contribution in [0, 0.1) is 5.41 Å². The third-order valence-electron chi connectivity index (χ3n) is 7.01. The Labute approximate surface area is 213 Å². The molecule has 0 radical (unpaired) electrons. The minimum absolute atomic E-state index is 0.0137. The number of carbonyl (C=O) groups excluding carboxylic acids is 2. The molecular formula is C28H35ClN2O4. The summed E-state index contributed by atoms with van der Waals surface area (Å²) in [5, 5.41) is 0.609. The average Bonchev–Trinajstić information content (AvgIpc) is 2.88. The molecule has 2 amide bonds. The van der Waals surface area contributed by atoms with Gasteiger partial charge in [-0.15, -0.1) is 0 Å². The second-order valence-electron chi connectivity index (χ2n) is 9.83. The number of halogens is 1. The van der Waals surface area contributed by atoms with E-state index in [0.29, 0.717) is 49.1 Å². The zero-order valence-electron chi connectivity index (χ0n) is 20.5. The number of piperidine rings is 2. The molecule has 2 aliphatic heterocycles. The molecule has 2 aromatic rings. The normalized spacial score (nSPS) is 20.5. The van der Waals surface area contributed by atoms with Crippen LogP contribution in [0.4, 0.5) is 0 Å². The third-order valence-corrected chi connectivity index (χ3v) is 7.24. The van der Waals surface area contributed by atoms with E-state index in [9.17, 15) is 9.59 Å². The zero-order chi connectivity index (χ0) is 24.7. The summed E-state index contributed by atoms with van der Waals surface area (Å²) in [6.45, 7) is 3.62. The Bertz CT molecular complexity index is 1020. The fourth-order valence-electron chi connectivity index (χ4n) is 5.21. The van der Waals surface area contributed by atoms with Crippen molar-refractivity contribution in [3.8, 4) is 5.75 Å². The predicted molar refractivity (Wildman–Crippen MR) is 137 cm³/mol. The van der Waals surface area contributed by atoms with Gasteiger partial charge in [-0.05, 0) is 68.0 Å². The van der Waals surface area contributed by atoms with Gasteiger partial charge in [0.05, 0.1) is 13.2 Å². The molecular weight excluding hydrogens is 464 g/mol. The van der Waals surface area contributed by atoms with E-state index in [1.807, 2.05) is 52.3 Å². The molecule has 7 heteroatoms. The first kappa shape index (κ1) is 25.5. The van der Waals surface area contributed by atoms with Crippen molar-refractivity contribution < 1.29 is 19.1 Å². The molecule has 188 valence electrons. The average molecular weight is 499 g/mol. The summed E-state index contributed by atoms with van der Waals surface area (Å²) in [6, 6.07) is 14.9. The first-order chi connectivity index (χ1) is 17.0. The Morgan fingerprint density at radius 3 is 2.51 bits per heavy atom. The number of amides is 2. The number of hydrogen-bond donors (Lipinski definition) is 0.